The van der Waals surface area contributed by atoms with Crippen LogP contribution in [0.25, 0.3) is 0 Å². The van der Waals surface area contributed by atoms with E-state index in [1.54, 1.807) is 0 Å². The Morgan fingerprint density at radius 1 is 1.27 bits per heavy atom. The van der Waals surface area contributed by atoms with Crippen molar-refractivity contribution in [1.29, 1.82) is 0 Å². The number of halogens is 1. The van der Waals surface area contributed by atoms with E-state index in [0.29, 0.717) is 10.8 Å². The molecular formula is C10H17Br. The van der Waals surface area contributed by atoms with Gasteiger partial charge >= 0.3 is 0 Å². The van der Waals surface area contributed by atoms with Crippen LogP contribution in [0, 0.1) is 16.7 Å². The van der Waals surface area contributed by atoms with Gasteiger partial charge in [-0.25, -0.2) is 0 Å². The van der Waals surface area contributed by atoms with Gasteiger partial charge in [-0.3, -0.25) is 0 Å². The van der Waals surface area contributed by atoms with Crippen molar-refractivity contribution >= 4 is 15.9 Å². The highest BCUT2D eigenvalue weighted by Gasteiger charge is 2.60. The maximum absolute atomic E-state index is 3.83. The molecule has 0 aromatic carbocycles. The van der Waals surface area contributed by atoms with Crippen molar-refractivity contribution < 1.29 is 0 Å². The quantitative estimate of drug-likeness (QED) is 0.544. The minimum atomic E-state index is 0.581. The Bertz CT molecular complexity index is 185. The molecule has 2 rings (SSSR count). The average molecular weight is 217 g/mol. The summed E-state index contributed by atoms with van der Waals surface area (Å²) in [6.45, 7) is 7.36. The molecule has 0 radical (unpaired) electrons. The molecule has 0 spiro atoms. The molecule has 2 aliphatic carbocycles. The number of hydrogen-bond donors (Lipinski definition) is 0. The maximum Gasteiger partial charge on any atom is 0.0207 e. The SMILES string of the molecule is CC1(C)[C@@H]2CC[C@]1(C)[C@H](Br)C2. The standard InChI is InChI=1S/C10H17Br/c1-9(2)7-4-5-10(9,3)8(11)6-7/h7-8H,4-6H2,1-3H3/t7-,8-,10-/m1/s1. The molecular weight excluding hydrogens is 200 g/mol. The van der Waals surface area contributed by atoms with Gasteiger partial charge in [-0.15, -0.1) is 0 Å². The van der Waals surface area contributed by atoms with Crippen LogP contribution in [0.15, 0.2) is 0 Å². The van der Waals surface area contributed by atoms with Gasteiger partial charge in [0.25, 0.3) is 0 Å². The second-order valence-corrected chi connectivity index (χ2v) is 6.18. The number of rotatable bonds is 0. The van der Waals surface area contributed by atoms with Crippen molar-refractivity contribution in [3.8, 4) is 0 Å². The zero-order chi connectivity index (χ0) is 8.28. The Hall–Kier alpha value is 0.480. The Labute approximate surface area is 77.9 Å². The van der Waals surface area contributed by atoms with Gasteiger partial charge in [-0.05, 0) is 36.0 Å². The van der Waals surface area contributed by atoms with Gasteiger partial charge in [0.2, 0.25) is 0 Å². The fourth-order valence-electron chi connectivity index (χ4n) is 3.11. The number of alkyl halides is 1. The monoisotopic (exact) mass is 216 g/mol. The fourth-order valence-corrected chi connectivity index (χ4v) is 4.38. The summed E-state index contributed by atoms with van der Waals surface area (Å²) in [4.78, 5) is 0.781. The summed E-state index contributed by atoms with van der Waals surface area (Å²) < 4.78 is 0. The normalized spacial score (nSPS) is 53.5. The van der Waals surface area contributed by atoms with E-state index in [2.05, 4.69) is 36.7 Å². The largest absolute Gasteiger partial charge is 0.0884 e. The molecule has 0 nitrogen and oxygen atoms in total. The predicted molar refractivity (Wildman–Crippen MR) is 51.9 cm³/mol. The van der Waals surface area contributed by atoms with E-state index in [-0.39, 0.29) is 0 Å². The minimum absolute atomic E-state index is 0.581. The predicted octanol–water partition coefficient (Wildman–Crippen LogP) is 3.60. The summed E-state index contributed by atoms with van der Waals surface area (Å²) in [5.74, 6) is 0.983. The van der Waals surface area contributed by atoms with Crippen LogP contribution < -0.4 is 0 Å². The van der Waals surface area contributed by atoms with Crippen LogP contribution >= 0.6 is 15.9 Å². The molecule has 3 atom stereocenters. The van der Waals surface area contributed by atoms with E-state index < -0.39 is 0 Å². The van der Waals surface area contributed by atoms with E-state index in [9.17, 15) is 0 Å². The minimum Gasteiger partial charge on any atom is -0.0884 e. The molecule has 0 amide bonds. The Balaban J connectivity index is 2.40. The van der Waals surface area contributed by atoms with Crippen LogP contribution in [0.1, 0.15) is 40.0 Å². The first-order valence-corrected chi connectivity index (χ1v) is 5.54. The Kier molecular flexibility index (Phi) is 1.50. The van der Waals surface area contributed by atoms with Crippen LogP contribution in [-0.2, 0) is 0 Å². The van der Waals surface area contributed by atoms with Crippen molar-refractivity contribution in [2.45, 2.75) is 44.9 Å². The van der Waals surface area contributed by atoms with Crippen molar-refractivity contribution in [2.24, 2.45) is 16.7 Å². The lowest BCUT2D eigenvalue weighted by Crippen LogP contribution is -2.32. The molecule has 0 aromatic rings. The molecule has 0 heterocycles. The van der Waals surface area contributed by atoms with Crippen LogP contribution in [0.5, 0.6) is 0 Å². The summed E-state index contributed by atoms with van der Waals surface area (Å²) in [5, 5.41) is 0. The summed E-state index contributed by atoms with van der Waals surface area (Å²) in [7, 11) is 0. The van der Waals surface area contributed by atoms with E-state index >= 15 is 0 Å². The van der Waals surface area contributed by atoms with E-state index in [0.717, 1.165) is 10.7 Å². The molecule has 0 unspecified atom stereocenters. The molecule has 11 heavy (non-hydrogen) atoms. The highest BCUT2D eigenvalue weighted by molar-refractivity contribution is 9.09. The van der Waals surface area contributed by atoms with Gasteiger partial charge in [0.1, 0.15) is 0 Å². The van der Waals surface area contributed by atoms with Crippen molar-refractivity contribution in [1.82, 2.24) is 0 Å². The van der Waals surface area contributed by atoms with Crippen LogP contribution in [0.3, 0.4) is 0 Å². The van der Waals surface area contributed by atoms with Crippen LogP contribution in [0.2, 0.25) is 0 Å². The molecule has 2 bridgehead atoms. The Morgan fingerprint density at radius 2 is 1.91 bits per heavy atom. The first-order valence-electron chi connectivity index (χ1n) is 4.62. The third-order valence-electron chi connectivity index (χ3n) is 4.69. The van der Waals surface area contributed by atoms with Gasteiger partial charge < -0.3 is 0 Å². The molecule has 2 saturated carbocycles. The average Bonchev–Trinajstić information content (AvgIpc) is 2.20. The highest BCUT2D eigenvalue weighted by atomic mass is 79.9. The second-order valence-electron chi connectivity index (χ2n) is 5.08. The third-order valence-corrected chi connectivity index (χ3v) is 6.07. The van der Waals surface area contributed by atoms with Gasteiger partial charge in [-0.1, -0.05) is 36.7 Å². The number of fused-ring (bicyclic) bond motifs is 2. The van der Waals surface area contributed by atoms with Crippen LogP contribution in [-0.4, -0.2) is 4.83 Å². The molecule has 0 N–H and O–H groups in total. The molecule has 2 fully saturated rings. The molecule has 0 aromatic heterocycles. The lowest BCUT2D eigenvalue weighted by atomic mass is 9.71. The molecule has 0 aliphatic heterocycles. The van der Waals surface area contributed by atoms with Gasteiger partial charge in [0.15, 0.2) is 0 Å². The van der Waals surface area contributed by atoms with Gasteiger partial charge in [-0.2, -0.15) is 0 Å². The lowest BCUT2D eigenvalue weighted by Gasteiger charge is -2.36. The molecule has 1 heteroatoms. The molecule has 64 valence electrons. The first-order chi connectivity index (χ1) is 4.98. The third kappa shape index (κ3) is 0.760. The maximum atomic E-state index is 3.83. The molecule has 2 aliphatic rings. The van der Waals surface area contributed by atoms with E-state index in [1.807, 2.05) is 0 Å². The first kappa shape index (κ1) is 8.10. The van der Waals surface area contributed by atoms with E-state index in [1.165, 1.54) is 19.3 Å². The topological polar surface area (TPSA) is 0 Å². The van der Waals surface area contributed by atoms with E-state index in [4.69, 9.17) is 0 Å². The van der Waals surface area contributed by atoms with Crippen molar-refractivity contribution in [2.75, 3.05) is 0 Å². The van der Waals surface area contributed by atoms with Crippen LogP contribution in [0.4, 0.5) is 0 Å². The second kappa shape index (κ2) is 2.04. The fraction of sp³-hybridized carbons (Fsp3) is 1.00. The van der Waals surface area contributed by atoms with Crippen molar-refractivity contribution in [3.05, 3.63) is 0 Å². The summed E-state index contributed by atoms with van der Waals surface area (Å²) in [5.41, 5.74) is 1.17. The molecule has 0 saturated heterocycles. The Morgan fingerprint density at radius 3 is 2.09 bits per heavy atom. The lowest BCUT2D eigenvalue weighted by molar-refractivity contribution is 0.158. The highest BCUT2D eigenvalue weighted by Crippen LogP contribution is 2.67. The smallest absolute Gasteiger partial charge is 0.0207 e. The van der Waals surface area contributed by atoms with Gasteiger partial charge in [0, 0.05) is 4.83 Å². The zero-order valence-electron chi connectivity index (χ0n) is 7.65. The summed E-state index contributed by atoms with van der Waals surface area (Å²) in [6.07, 6.45) is 4.30. The number of hydrogen-bond acceptors (Lipinski definition) is 0. The zero-order valence-corrected chi connectivity index (χ0v) is 9.24. The summed E-state index contributed by atoms with van der Waals surface area (Å²) >= 11 is 3.83. The van der Waals surface area contributed by atoms with Crippen molar-refractivity contribution in [3.63, 3.8) is 0 Å². The summed E-state index contributed by atoms with van der Waals surface area (Å²) in [6, 6.07) is 0. The van der Waals surface area contributed by atoms with Gasteiger partial charge in [0.05, 0.1) is 0 Å².